The molecule has 3 rings (SSSR count). The molecule has 1 aromatic carbocycles. The van der Waals surface area contributed by atoms with E-state index in [0.29, 0.717) is 11.1 Å². The summed E-state index contributed by atoms with van der Waals surface area (Å²) in [5.74, 6) is -1.58. The van der Waals surface area contributed by atoms with Gasteiger partial charge in [-0.1, -0.05) is 31.4 Å². The maximum absolute atomic E-state index is 13.0. The molecule has 0 spiro atoms. The van der Waals surface area contributed by atoms with Crippen molar-refractivity contribution in [2.45, 2.75) is 44.6 Å². The molecule has 144 valence electrons. The van der Waals surface area contributed by atoms with Crippen molar-refractivity contribution in [2.75, 3.05) is 20.2 Å². The largest absolute Gasteiger partial charge is 0.469 e. The number of fused-ring (bicyclic) bond motifs is 1. The zero-order valence-electron chi connectivity index (χ0n) is 15.5. The van der Waals surface area contributed by atoms with Crippen LogP contribution in [0.25, 0.3) is 0 Å². The summed E-state index contributed by atoms with van der Waals surface area (Å²) in [5.41, 5.74) is 0.656. The zero-order valence-corrected chi connectivity index (χ0v) is 15.5. The van der Waals surface area contributed by atoms with Gasteiger partial charge in [0.05, 0.1) is 24.7 Å². The summed E-state index contributed by atoms with van der Waals surface area (Å²) in [6, 6.07) is 6.61. The second kappa shape index (κ2) is 8.33. The van der Waals surface area contributed by atoms with E-state index in [1.165, 1.54) is 7.11 Å². The van der Waals surface area contributed by atoms with E-state index in [9.17, 15) is 19.2 Å². The molecule has 0 N–H and O–H groups in total. The van der Waals surface area contributed by atoms with Crippen molar-refractivity contribution < 1.29 is 23.9 Å². The number of methoxy groups -OCH3 is 1. The average molecular weight is 372 g/mol. The summed E-state index contributed by atoms with van der Waals surface area (Å²) < 4.78 is 4.68. The van der Waals surface area contributed by atoms with Gasteiger partial charge in [-0.2, -0.15) is 0 Å². The van der Waals surface area contributed by atoms with Gasteiger partial charge in [-0.25, -0.2) is 0 Å². The first-order valence-corrected chi connectivity index (χ1v) is 9.34. The number of hydrogen-bond acceptors (Lipinski definition) is 5. The standard InChI is InChI=1S/C20H24N2O5/c1-27-18(24)11-12-21(14-7-3-2-4-8-14)17(23)13-22-19(25)15-9-5-6-10-16(15)20(22)26/h5-6,9-10,14H,2-4,7-8,11-13H2,1H3. The molecular weight excluding hydrogens is 348 g/mol. The van der Waals surface area contributed by atoms with Gasteiger partial charge < -0.3 is 9.64 Å². The van der Waals surface area contributed by atoms with Crippen molar-refractivity contribution in [3.8, 4) is 0 Å². The van der Waals surface area contributed by atoms with E-state index in [1.807, 2.05) is 0 Å². The number of carbonyl (C=O) groups excluding carboxylic acids is 4. The topological polar surface area (TPSA) is 84.0 Å². The highest BCUT2D eigenvalue weighted by atomic mass is 16.5. The molecule has 0 bridgehead atoms. The molecule has 0 aromatic heterocycles. The van der Waals surface area contributed by atoms with Gasteiger partial charge in [-0.15, -0.1) is 0 Å². The normalized spacial score (nSPS) is 17.0. The van der Waals surface area contributed by atoms with Gasteiger partial charge >= 0.3 is 5.97 Å². The Balaban J connectivity index is 1.73. The van der Waals surface area contributed by atoms with Crippen LogP contribution in [0, 0.1) is 0 Å². The molecule has 0 atom stereocenters. The van der Waals surface area contributed by atoms with Crippen molar-refractivity contribution in [2.24, 2.45) is 0 Å². The molecule has 1 saturated carbocycles. The van der Waals surface area contributed by atoms with Gasteiger partial charge in [0.2, 0.25) is 5.91 Å². The molecule has 7 heteroatoms. The predicted octanol–water partition coefficient (Wildman–Crippen LogP) is 2.01. The molecular formula is C20H24N2O5. The smallest absolute Gasteiger partial charge is 0.307 e. The Kier molecular flexibility index (Phi) is 5.88. The van der Waals surface area contributed by atoms with Crippen LogP contribution in [-0.2, 0) is 14.3 Å². The highest BCUT2D eigenvalue weighted by Crippen LogP contribution is 2.25. The Morgan fingerprint density at radius 1 is 1.07 bits per heavy atom. The molecule has 1 heterocycles. The fourth-order valence-electron chi connectivity index (χ4n) is 3.83. The Morgan fingerprint density at radius 2 is 1.67 bits per heavy atom. The van der Waals surface area contributed by atoms with Crippen molar-refractivity contribution in [3.05, 3.63) is 35.4 Å². The number of nitrogens with zero attached hydrogens (tertiary/aromatic N) is 2. The molecule has 0 unspecified atom stereocenters. The number of imide groups is 1. The lowest BCUT2D eigenvalue weighted by molar-refractivity contribution is -0.142. The van der Waals surface area contributed by atoms with Crippen LogP contribution in [0.4, 0.5) is 0 Å². The van der Waals surface area contributed by atoms with Gasteiger partial charge in [0.25, 0.3) is 11.8 Å². The van der Waals surface area contributed by atoms with Crippen LogP contribution >= 0.6 is 0 Å². The summed E-state index contributed by atoms with van der Waals surface area (Å²) in [5, 5.41) is 0. The fourth-order valence-corrected chi connectivity index (χ4v) is 3.83. The number of benzene rings is 1. The quantitative estimate of drug-likeness (QED) is 0.563. The number of hydrogen-bond donors (Lipinski definition) is 0. The van der Waals surface area contributed by atoms with Crippen molar-refractivity contribution in [3.63, 3.8) is 0 Å². The Morgan fingerprint density at radius 3 is 2.22 bits per heavy atom. The van der Waals surface area contributed by atoms with E-state index in [-0.39, 0.29) is 37.4 Å². The molecule has 7 nitrogen and oxygen atoms in total. The van der Waals surface area contributed by atoms with Gasteiger partial charge in [0.15, 0.2) is 0 Å². The monoisotopic (exact) mass is 372 g/mol. The summed E-state index contributed by atoms with van der Waals surface area (Å²) in [6.07, 6.45) is 5.03. The first-order valence-electron chi connectivity index (χ1n) is 9.34. The van der Waals surface area contributed by atoms with E-state index in [2.05, 4.69) is 4.74 Å². The summed E-state index contributed by atoms with van der Waals surface area (Å²) in [6.45, 7) is -0.0661. The predicted molar refractivity (Wildman–Crippen MR) is 97.0 cm³/mol. The third kappa shape index (κ3) is 4.02. The van der Waals surface area contributed by atoms with Crippen LogP contribution in [0.2, 0.25) is 0 Å². The summed E-state index contributed by atoms with van der Waals surface area (Å²) in [7, 11) is 1.31. The minimum Gasteiger partial charge on any atom is -0.469 e. The maximum atomic E-state index is 13.0. The molecule has 2 aliphatic rings. The molecule has 0 radical (unpaired) electrons. The molecule has 1 aliphatic heterocycles. The zero-order chi connectivity index (χ0) is 19.4. The third-order valence-electron chi connectivity index (χ3n) is 5.29. The van der Waals surface area contributed by atoms with E-state index in [4.69, 9.17) is 0 Å². The van der Waals surface area contributed by atoms with Crippen LogP contribution < -0.4 is 0 Å². The second-order valence-corrected chi connectivity index (χ2v) is 6.95. The second-order valence-electron chi connectivity index (χ2n) is 6.95. The highest BCUT2D eigenvalue weighted by Gasteiger charge is 2.38. The molecule has 1 aromatic rings. The molecule has 1 aliphatic carbocycles. The van der Waals surface area contributed by atoms with E-state index in [0.717, 1.165) is 37.0 Å². The molecule has 27 heavy (non-hydrogen) atoms. The minimum atomic E-state index is -0.444. The van der Waals surface area contributed by atoms with E-state index < -0.39 is 11.8 Å². The lowest BCUT2D eigenvalue weighted by atomic mass is 9.94. The minimum absolute atomic E-state index is 0.0334. The van der Waals surface area contributed by atoms with Gasteiger partial charge in [-0.05, 0) is 25.0 Å². The lowest BCUT2D eigenvalue weighted by Crippen LogP contribution is -2.48. The highest BCUT2D eigenvalue weighted by molar-refractivity contribution is 6.22. The van der Waals surface area contributed by atoms with Crippen molar-refractivity contribution in [1.29, 1.82) is 0 Å². The van der Waals surface area contributed by atoms with Crippen LogP contribution in [0.15, 0.2) is 24.3 Å². The number of amides is 3. The van der Waals surface area contributed by atoms with Crippen molar-refractivity contribution in [1.82, 2.24) is 9.80 Å². The molecule has 1 fully saturated rings. The number of carbonyl (C=O) groups is 4. The van der Waals surface area contributed by atoms with Crippen molar-refractivity contribution >= 4 is 23.7 Å². The SMILES string of the molecule is COC(=O)CCN(C(=O)CN1C(=O)c2ccccc2C1=O)C1CCCCC1. The first-order chi connectivity index (χ1) is 13.0. The third-order valence-corrected chi connectivity index (χ3v) is 5.29. The lowest BCUT2D eigenvalue weighted by Gasteiger charge is -2.35. The molecule has 0 saturated heterocycles. The number of ether oxygens (including phenoxy) is 1. The van der Waals surface area contributed by atoms with Gasteiger partial charge in [0, 0.05) is 12.6 Å². The van der Waals surface area contributed by atoms with Gasteiger partial charge in [-0.3, -0.25) is 24.1 Å². The number of rotatable bonds is 6. The average Bonchev–Trinajstić information content (AvgIpc) is 2.94. The summed E-state index contributed by atoms with van der Waals surface area (Å²) >= 11 is 0. The summed E-state index contributed by atoms with van der Waals surface area (Å²) in [4.78, 5) is 52.2. The van der Waals surface area contributed by atoms with E-state index in [1.54, 1.807) is 29.2 Å². The van der Waals surface area contributed by atoms with Crippen LogP contribution in [0.1, 0.15) is 59.2 Å². The van der Waals surface area contributed by atoms with Gasteiger partial charge in [0.1, 0.15) is 6.54 Å². The van der Waals surface area contributed by atoms with E-state index >= 15 is 0 Å². The Bertz CT molecular complexity index is 719. The Labute approximate surface area is 158 Å². The number of esters is 1. The van der Waals surface area contributed by atoms with Crippen LogP contribution in [0.3, 0.4) is 0 Å². The maximum Gasteiger partial charge on any atom is 0.307 e. The fraction of sp³-hybridized carbons (Fsp3) is 0.500. The first kappa shape index (κ1) is 19.1. The molecule has 3 amide bonds. The Hall–Kier alpha value is -2.70. The van der Waals surface area contributed by atoms with Crippen LogP contribution in [0.5, 0.6) is 0 Å². The van der Waals surface area contributed by atoms with Crippen LogP contribution in [-0.4, -0.2) is 59.7 Å².